The molecule has 1 aromatic heterocycles. The zero-order valence-corrected chi connectivity index (χ0v) is 14.6. The molecular formula is C17H22N2O3S. The summed E-state index contributed by atoms with van der Waals surface area (Å²) in [6, 6.07) is 7.71. The summed E-state index contributed by atoms with van der Waals surface area (Å²) < 4.78 is 25.4. The zero-order chi connectivity index (χ0) is 16.8. The molecule has 1 aromatic carbocycles. The Balaban J connectivity index is 2.02. The summed E-state index contributed by atoms with van der Waals surface area (Å²) in [4.78, 5) is 14.8. The smallest absolute Gasteiger partial charge is 0.271 e. The van der Waals surface area contributed by atoms with Gasteiger partial charge in [0.1, 0.15) is 5.69 Å². The summed E-state index contributed by atoms with van der Waals surface area (Å²) in [5.41, 5.74) is 2.62. The van der Waals surface area contributed by atoms with E-state index in [-0.39, 0.29) is 23.5 Å². The summed E-state index contributed by atoms with van der Waals surface area (Å²) in [5, 5.41) is 1.06. The summed E-state index contributed by atoms with van der Waals surface area (Å²) in [7, 11) is -1.12. The first-order valence-corrected chi connectivity index (χ1v) is 9.73. The number of aromatic nitrogens is 1. The lowest BCUT2D eigenvalue weighted by molar-refractivity contribution is 0.0698. The highest BCUT2D eigenvalue weighted by atomic mass is 32.2. The van der Waals surface area contributed by atoms with Crippen LogP contribution in [-0.2, 0) is 16.9 Å². The average Bonchev–Trinajstić information content (AvgIpc) is 2.99. The van der Waals surface area contributed by atoms with Gasteiger partial charge in [-0.15, -0.1) is 0 Å². The molecule has 0 aliphatic carbocycles. The van der Waals surface area contributed by atoms with Crippen molar-refractivity contribution in [3.8, 4) is 0 Å². The van der Waals surface area contributed by atoms with E-state index >= 15 is 0 Å². The lowest BCUT2D eigenvalue weighted by Gasteiger charge is -2.27. The maximum atomic E-state index is 13.1. The molecule has 2 heterocycles. The number of rotatable bonds is 3. The molecule has 1 aliphatic heterocycles. The van der Waals surface area contributed by atoms with Crippen LogP contribution in [-0.4, -0.2) is 47.9 Å². The van der Waals surface area contributed by atoms with Gasteiger partial charge in [0.2, 0.25) is 0 Å². The molecule has 1 fully saturated rings. The van der Waals surface area contributed by atoms with Crippen LogP contribution >= 0.6 is 0 Å². The highest BCUT2D eigenvalue weighted by Crippen LogP contribution is 2.27. The van der Waals surface area contributed by atoms with Crippen LogP contribution in [0.4, 0.5) is 0 Å². The minimum Gasteiger partial charge on any atom is -0.339 e. The van der Waals surface area contributed by atoms with Crippen LogP contribution in [0.25, 0.3) is 10.9 Å². The molecule has 3 rings (SSSR count). The fraction of sp³-hybridized carbons (Fsp3) is 0.471. The van der Waals surface area contributed by atoms with Crippen LogP contribution in [0.2, 0.25) is 0 Å². The van der Waals surface area contributed by atoms with Crippen molar-refractivity contribution in [1.29, 1.82) is 0 Å². The van der Waals surface area contributed by atoms with Crippen molar-refractivity contribution in [3.63, 3.8) is 0 Å². The van der Waals surface area contributed by atoms with Crippen LogP contribution in [0.15, 0.2) is 24.3 Å². The molecule has 1 saturated heterocycles. The van der Waals surface area contributed by atoms with Crippen LogP contribution in [0.5, 0.6) is 0 Å². The Morgan fingerprint density at radius 1 is 1.35 bits per heavy atom. The number of amides is 1. The van der Waals surface area contributed by atoms with Crippen molar-refractivity contribution in [2.45, 2.75) is 26.3 Å². The van der Waals surface area contributed by atoms with Gasteiger partial charge in [0.15, 0.2) is 9.84 Å². The molecule has 6 heteroatoms. The molecule has 0 saturated carbocycles. The quantitative estimate of drug-likeness (QED) is 0.864. The fourth-order valence-corrected chi connectivity index (χ4v) is 5.34. The summed E-state index contributed by atoms with van der Waals surface area (Å²) in [6.07, 6.45) is 0.533. The lowest BCUT2D eigenvalue weighted by atomic mass is 10.1. The predicted molar refractivity (Wildman–Crippen MR) is 91.4 cm³/mol. The highest BCUT2D eigenvalue weighted by Gasteiger charge is 2.35. The van der Waals surface area contributed by atoms with Crippen LogP contribution in [0.1, 0.15) is 29.4 Å². The standard InChI is InChI=1S/C17H22N2O3S/c1-4-19(13-9-10-23(21,22)11-13)17(20)16-12(2)14-7-5-6-8-15(14)18(16)3/h5-8,13H,4,9-11H2,1-3H3. The van der Waals surface area contributed by atoms with Gasteiger partial charge in [-0.3, -0.25) is 4.79 Å². The van der Waals surface area contributed by atoms with Gasteiger partial charge in [-0.2, -0.15) is 0 Å². The van der Waals surface area contributed by atoms with Crippen molar-refractivity contribution in [3.05, 3.63) is 35.5 Å². The lowest BCUT2D eigenvalue weighted by Crippen LogP contribution is -2.41. The molecule has 1 amide bonds. The van der Waals surface area contributed by atoms with Gasteiger partial charge in [0, 0.05) is 30.5 Å². The van der Waals surface area contributed by atoms with Crippen LogP contribution < -0.4 is 0 Å². The number of nitrogens with zero attached hydrogens (tertiary/aromatic N) is 2. The van der Waals surface area contributed by atoms with E-state index in [1.807, 2.05) is 49.7 Å². The number of aryl methyl sites for hydroxylation is 2. The fourth-order valence-electron chi connectivity index (χ4n) is 3.61. The Labute approximate surface area is 136 Å². The largest absolute Gasteiger partial charge is 0.339 e. The van der Waals surface area contributed by atoms with Gasteiger partial charge in [0.25, 0.3) is 5.91 Å². The maximum absolute atomic E-state index is 13.1. The molecule has 124 valence electrons. The molecule has 0 radical (unpaired) electrons. The maximum Gasteiger partial charge on any atom is 0.271 e. The van der Waals surface area contributed by atoms with Gasteiger partial charge in [-0.25, -0.2) is 8.42 Å². The molecular weight excluding hydrogens is 312 g/mol. The average molecular weight is 334 g/mol. The molecule has 0 N–H and O–H groups in total. The number of fused-ring (bicyclic) bond motifs is 1. The third kappa shape index (κ3) is 2.65. The van der Waals surface area contributed by atoms with Crippen molar-refractivity contribution in [1.82, 2.24) is 9.47 Å². The number of carbonyl (C=O) groups excluding carboxylic acids is 1. The first kappa shape index (κ1) is 16.1. The van der Waals surface area contributed by atoms with E-state index < -0.39 is 9.84 Å². The molecule has 1 atom stereocenters. The van der Waals surface area contributed by atoms with Crippen molar-refractivity contribution >= 4 is 26.6 Å². The minimum atomic E-state index is -3.01. The number of sulfone groups is 1. The number of para-hydroxylation sites is 1. The van der Waals surface area contributed by atoms with E-state index in [4.69, 9.17) is 0 Å². The van der Waals surface area contributed by atoms with Crippen molar-refractivity contribution in [2.24, 2.45) is 7.05 Å². The van der Waals surface area contributed by atoms with Crippen molar-refractivity contribution in [2.75, 3.05) is 18.1 Å². The first-order valence-electron chi connectivity index (χ1n) is 7.91. The van der Waals surface area contributed by atoms with Gasteiger partial charge in [-0.05, 0) is 31.9 Å². The van der Waals surface area contributed by atoms with E-state index in [2.05, 4.69) is 0 Å². The molecule has 0 bridgehead atoms. The van der Waals surface area contributed by atoms with Gasteiger partial charge in [0.05, 0.1) is 11.5 Å². The Bertz CT molecular complexity index is 828. The normalized spacial score (nSPS) is 20.0. The zero-order valence-electron chi connectivity index (χ0n) is 13.7. The van der Waals surface area contributed by atoms with Gasteiger partial charge >= 0.3 is 0 Å². The Kier molecular flexibility index (Phi) is 3.96. The Hall–Kier alpha value is -1.82. The number of benzene rings is 1. The van der Waals surface area contributed by atoms with E-state index in [0.717, 1.165) is 16.5 Å². The minimum absolute atomic E-state index is 0.0780. The summed E-state index contributed by atoms with van der Waals surface area (Å²) in [5.74, 6) is 0.177. The SMILES string of the molecule is CCN(C(=O)c1c(C)c2ccccc2n1C)C1CCS(=O)(=O)C1. The molecule has 0 spiro atoms. The van der Waals surface area contributed by atoms with E-state index in [0.29, 0.717) is 18.7 Å². The Morgan fingerprint density at radius 3 is 2.61 bits per heavy atom. The number of hydrogen-bond donors (Lipinski definition) is 0. The number of carbonyl (C=O) groups is 1. The van der Waals surface area contributed by atoms with Gasteiger partial charge in [-0.1, -0.05) is 18.2 Å². The van der Waals surface area contributed by atoms with E-state index in [9.17, 15) is 13.2 Å². The molecule has 5 nitrogen and oxygen atoms in total. The topological polar surface area (TPSA) is 59.4 Å². The second kappa shape index (κ2) is 5.67. The summed E-state index contributed by atoms with van der Waals surface area (Å²) in [6.45, 7) is 4.37. The molecule has 1 aliphatic rings. The third-order valence-electron chi connectivity index (χ3n) is 4.81. The predicted octanol–water partition coefficient (Wildman–Crippen LogP) is 2.14. The second-order valence-electron chi connectivity index (χ2n) is 6.20. The highest BCUT2D eigenvalue weighted by molar-refractivity contribution is 7.91. The number of hydrogen-bond acceptors (Lipinski definition) is 3. The van der Waals surface area contributed by atoms with E-state index in [1.165, 1.54) is 0 Å². The monoisotopic (exact) mass is 334 g/mol. The van der Waals surface area contributed by atoms with Crippen LogP contribution in [0.3, 0.4) is 0 Å². The van der Waals surface area contributed by atoms with Gasteiger partial charge < -0.3 is 9.47 Å². The summed E-state index contributed by atoms with van der Waals surface area (Å²) >= 11 is 0. The van der Waals surface area contributed by atoms with Crippen LogP contribution in [0, 0.1) is 6.92 Å². The van der Waals surface area contributed by atoms with Crippen molar-refractivity contribution < 1.29 is 13.2 Å². The first-order chi connectivity index (χ1) is 10.9. The molecule has 23 heavy (non-hydrogen) atoms. The molecule has 1 unspecified atom stereocenters. The third-order valence-corrected chi connectivity index (χ3v) is 6.56. The second-order valence-corrected chi connectivity index (χ2v) is 8.43. The van der Waals surface area contributed by atoms with E-state index in [1.54, 1.807) is 4.90 Å². The molecule has 2 aromatic rings. The Morgan fingerprint density at radius 2 is 2.04 bits per heavy atom.